The number of hydrogen-bond donors (Lipinski definition) is 0. The molecule has 0 aliphatic heterocycles. The van der Waals surface area contributed by atoms with E-state index in [1.165, 1.54) is 37.5 Å². The van der Waals surface area contributed by atoms with Gasteiger partial charge in [-0.1, -0.05) is 139 Å². The summed E-state index contributed by atoms with van der Waals surface area (Å²) >= 11 is 0. The second-order valence-electron chi connectivity index (χ2n) is 13.0. The van der Waals surface area contributed by atoms with E-state index in [4.69, 9.17) is 0 Å². The van der Waals surface area contributed by atoms with Gasteiger partial charge in [0.25, 0.3) is 0 Å². The van der Waals surface area contributed by atoms with E-state index >= 15 is 0 Å². The van der Waals surface area contributed by atoms with Gasteiger partial charge in [0.05, 0.1) is 0 Å². The van der Waals surface area contributed by atoms with Gasteiger partial charge in [-0.3, -0.25) is 0 Å². The molecular formula is C40H44FeP2. The Hall–Kier alpha value is -2.52. The topological polar surface area (TPSA) is 0 Å². The quantitative estimate of drug-likeness (QED) is 0.0997. The van der Waals surface area contributed by atoms with Gasteiger partial charge in [0.1, 0.15) is 0 Å². The number of benzene rings is 4. The molecule has 6 rings (SSSR count). The van der Waals surface area contributed by atoms with Crippen LogP contribution in [0.2, 0.25) is 0 Å². The van der Waals surface area contributed by atoms with Crippen molar-refractivity contribution in [3.05, 3.63) is 139 Å². The summed E-state index contributed by atoms with van der Waals surface area (Å²) < 4.78 is 0. The van der Waals surface area contributed by atoms with Gasteiger partial charge in [0, 0.05) is 0 Å². The van der Waals surface area contributed by atoms with Gasteiger partial charge in [0.15, 0.2) is 0 Å². The predicted molar refractivity (Wildman–Crippen MR) is 193 cm³/mol. The molecule has 0 unspecified atom stereocenters. The molecule has 0 N–H and O–H groups in total. The molecule has 0 fully saturated rings. The van der Waals surface area contributed by atoms with Crippen LogP contribution in [-0.4, -0.2) is 10.3 Å². The van der Waals surface area contributed by atoms with Crippen LogP contribution >= 0.6 is 15.8 Å². The Morgan fingerprint density at radius 3 is 1.47 bits per heavy atom. The van der Waals surface area contributed by atoms with Gasteiger partial charge >= 0.3 is 17.1 Å². The summed E-state index contributed by atoms with van der Waals surface area (Å²) in [7, 11) is -1.04. The van der Waals surface area contributed by atoms with E-state index < -0.39 is 7.92 Å². The van der Waals surface area contributed by atoms with E-state index in [1.807, 2.05) is 30.3 Å². The molecule has 0 spiro atoms. The third-order valence-electron chi connectivity index (χ3n) is 7.92. The Morgan fingerprint density at radius 1 is 0.558 bits per heavy atom. The predicted octanol–water partition coefficient (Wildman–Crippen LogP) is 11.0. The zero-order valence-corrected chi connectivity index (χ0v) is 29.4. The van der Waals surface area contributed by atoms with Crippen molar-refractivity contribution in [2.24, 2.45) is 0 Å². The Bertz CT molecular complexity index is 1610. The molecular weight excluding hydrogens is 598 g/mol. The number of rotatable bonds is 5. The van der Waals surface area contributed by atoms with E-state index in [-0.39, 0.29) is 35.3 Å². The van der Waals surface area contributed by atoms with Crippen LogP contribution in [0.4, 0.5) is 0 Å². The van der Waals surface area contributed by atoms with E-state index in [0.29, 0.717) is 5.66 Å². The molecule has 6 aromatic carbocycles. The first-order valence-electron chi connectivity index (χ1n) is 15.0. The fourth-order valence-corrected chi connectivity index (χ4v) is 14.6. The zero-order chi connectivity index (χ0) is 29.9. The molecule has 0 aromatic heterocycles. The zero-order valence-electron chi connectivity index (χ0n) is 26.5. The summed E-state index contributed by atoms with van der Waals surface area (Å²) in [5.41, 5.74) is 2.05. The molecule has 0 aliphatic carbocycles. The first kappa shape index (κ1) is 33.4. The minimum Gasteiger partial charge on any atom is -0.214 e. The van der Waals surface area contributed by atoms with Crippen LogP contribution in [-0.2, 0) is 17.1 Å². The molecule has 0 radical (unpaired) electrons. The largest absolute Gasteiger partial charge is 2.00 e. The molecule has 1 atom stereocenters. The van der Waals surface area contributed by atoms with Crippen LogP contribution in [0.25, 0.3) is 21.5 Å². The molecule has 0 bridgehead atoms. The van der Waals surface area contributed by atoms with Crippen LogP contribution in [0.3, 0.4) is 0 Å². The van der Waals surface area contributed by atoms with Crippen molar-refractivity contribution >= 4 is 53.3 Å². The van der Waals surface area contributed by atoms with Crippen LogP contribution in [0.5, 0.6) is 0 Å². The maximum Gasteiger partial charge on any atom is 2.00 e. The Balaban J connectivity index is 0.000000641. The monoisotopic (exact) mass is 642 g/mol. The third kappa shape index (κ3) is 7.42. The summed E-state index contributed by atoms with van der Waals surface area (Å²) in [5, 5.41) is 10.4. The SMILES string of the molecule is C[C@@H](c1cc[cH-]c1P(c1cccc2ccccc12)c1cccc2ccccc12)P(C(C)(C)C)C(C)(C)C.[Fe+2].c1cc[cH-]c1. The molecule has 0 heterocycles. The summed E-state index contributed by atoms with van der Waals surface area (Å²) in [4.78, 5) is 0. The van der Waals surface area contributed by atoms with Crippen LogP contribution in [0.15, 0.2) is 133 Å². The van der Waals surface area contributed by atoms with Gasteiger partial charge in [-0.25, -0.2) is 18.2 Å². The first-order valence-corrected chi connectivity index (χ1v) is 17.8. The molecule has 0 saturated heterocycles. The molecule has 3 heteroatoms. The van der Waals surface area contributed by atoms with Gasteiger partial charge in [-0.2, -0.15) is 35.9 Å². The molecule has 6 aromatic rings. The van der Waals surface area contributed by atoms with Gasteiger partial charge in [-0.05, 0) is 50.4 Å². The smallest absolute Gasteiger partial charge is 0.214 e. The second kappa shape index (κ2) is 14.1. The Labute approximate surface area is 272 Å². The fourth-order valence-electron chi connectivity index (χ4n) is 6.81. The minimum atomic E-state index is -0.748. The minimum absolute atomic E-state index is 0. The molecule has 0 nitrogen and oxygen atoms in total. The summed E-state index contributed by atoms with van der Waals surface area (Å²) in [6.45, 7) is 17.2. The normalized spacial score (nSPS) is 12.7. The maximum atomic E-state index is 2.50. The average molecular weight is 643 g/mol. The maximum absolute atomic E-state index is 2.50. The number of hydrogen-bond acceptors (Lipinski definition) is 0. The van der Waals surface area contributed by atoms with Crippen molar-refractivity contribution in [3.8, 4) is 0 Å². The van der Waals surface area contributed by atoms with Crippen molar-refractivity contribution < 1.29 is 17.1 Å². The average Bonchev–Trinajstić information content (AvgIpc) is 3.68. The van der Waals surface area contributed by atoms with E-state index in [9.17, 15) is 0 Å². The Kier molecular flexibility index (Phi) is 10.9. The fraction of sp³-hybridized carbons (Fsp3) is 0.250. The summed E-state index contributed by atoms with van der Waals surface area (Å²) in [5.74, 6) is 0. The molecule has 222 valence electrons. The molecule has 43 heavy (non-hydrogen) atoms. The number of fused-ring (bicyclic) bond motifs is 2. The van der Waals surface area contributed by atoms with Crippen molar-refractivity contribution in [1.29, 1.82) is 0 Å². The Morgan fingerprint density at radius 2 is 1.02 bits per heavy atom. The molecule has 0 saturated carbocycles. The third-order valence-corrected chi connectivity index (χ3v) is 14.5. The van der Waals surface area contributed by atoms with Crippen LogP contribution < -0.4 is 15.9 Å². The van der Waals surface area contributed by atoms with Gasteiger partial charge < -0.3 is 0 Å². The molecule has 0 aliphatic rings. The van der Waals surface area contributed by atoms with Gasteiger partial charge in [-0.15, -0.1) is 13.2 Å². The summed E-state index contributed by atoms with van der Waals surface area (Å²) in [6, 6.07) is 48.8. The summed E-state index contributed by atoms with van der Waals surface area (Å²) in [6.07, 6.45) is 0. The molecule has 0 amide bonds. The van der Waals surface area contributed by atoms with Crippen LogP contribution in [0, 0.1) is 0 Å². The van der Waals surface area contributed by atoms with Gasteiger partial charge in [0.2, 0.25) is 0 Å². The van der Waals surface area contributed by atoms with E-state index in [0.717, 1.165) is 0 Å². The van der Waals surface area contributed by atoms with Crippen molar-refractivity contribution in [3.63, 3.8) is 0 Å². The van der Waals surface area contributed by atoms with E-state index in [1.54, 1.807) is 5.56 Å². The first-order chi connectivity index (χ1) is 20.1. The van der Waals surface area contributed by atoms with Crippen molar-refractivity contribution in [2.75, 3.05) is 0 Å². The second-order valence-corrected chi connectivity index (χ2v) is 19.4. The standard InChI is InChI=1S/C35H39P2.C5H5.Fe/c1-25(37(34(2,3)4)35(5,6)7)28-21-14-24-31(28)36(32-22-12-17-26-15-8-10-19-29(26)32)33-23-13-18-27-16-9-11-20-30(27)33;1-2-4-5-3-1;/h8-25H,1-7H3;1-5H;/q2*-1;+2/t25-;;/m0../s1. The van der Waals surface area contributed by atoms with Crippen LogP contribution in [0.1, 0.15) is 59.7 Å². The van der Waals surface area contributed by atoms with Crippen molar-refractivity contribution in [2.45, 2.75) is 64.4 Å². The van der Waals surface area contributed by atoms with Crippen molar-refractivity contribution in [1.82, 2.24) is 0 Å². The van der Waals surface area contributed by atoms with E-state index in [2.05, 4.69) is 152 Å².